The molecule has 7 heteroatoms. The van der Waals surface area contributed by atoms with Gasteiger partial charge in [0, 0.05) is 42.8 Å². The van der Waals surface area contributed by atoms with E-state index in [0.717, 1.165) is 43.6 Å². The highest BCUT2D eigenvalue weighted by molar-refractivity contribution is 6.30. The van der Waals surface area contributed by atoms with Crippen molar-refractivity contribution in [3.05, 3.63) is 76.4 Å². The molecule has 0 radical (unpaired) electrons. The van der Waals surface area contributed by atoms with Gasteiger partial charge >= 0.3 is 0 Å². The molecule has 1 amide bonds. The third kappa shape index (κ3) is 5.27. The van der Waals surface area contributed by atoms with Crippen LogP contribution >= 0.6 is 11.6 Å². The first-order chi connectivity index (χ1) is 14.6. The molecule has 1 aliphatic rings. The smallest absolute Gasteiger partial charge is 0.273 e. The van der Waals surface area contributed by atoms with Gasteiger partial charge in [0.25, 0.3) is 5.91 Å². The standard InChI is InChI=1S/C23H24ClN3O3/c24-19-3-1-2-18(12-19)22-13-21(26-30-22)23(29)25-14-16-4-6-17(7-5-16)15-27-10-8-20(28)9-11-27/h1-7,12-13,20,28H,8-11,14-15H2,(H,25,29). The van der Waals surface area contributed by atoms with E-state index in [1.165, 1.54) is 5.56 Å². The Labute approximate surface area is 180 Å². The maximum absolute atomic E-state index is 12.4. The van der Waals surface area contributed by atoms with Crippen molar-refractivity contribution in [2.45, 2.75) is 32.0 Å². The number of nitrogens with one attached hydrogen (secondary N) is 1. The molecule has 2 heterocycles. The van der Waals surface area contributed by atoms with Gasteiger partial charge < -0.3 is 14.9 Å². The van der Waals surface area contributed by atoms with Crippen molar-refractivity contribution in [3.8, 4) is 11.3 Å². The lowest BCUT2D eigenvalue weighted by molar-refractivity contribution is 0.0792. The van der Waals surface area contributed by atoms with Crippen molar-refractivity contribution in [1.29, 1.82) is 0 Å². The van der Waals surface area contributed by atoms with Gasteiger partial charge in [-0.1, -0.05) is 53.2 Å². The molecule has 0 saturated carbocycles. The van der Waals surface area contributed by atoms with Gasteiger partial charge in [-0.15, -0.1) is 0 Å². The summed E-state index contributed by atoms with van der Waals surface area (Å²) in [6, 6.07) is 17.0. The molecule has 1 fully saturated rings. The molecule has 6 nitrogen and oxygen atoms in total. The van der Waals surface area contributed by atoms with Crippen LogP contribution in [0.2, 0.25) is 5.02 Å². The highest BCUT2D eigenvalue weighted by Crippen LogP contribution is 2.23. The number of piperidine rings is 1. The van der Waals surface area contributed by atoms with Gasteiger partial charge in [-0.05, 0) is 36.1 Å². The minimum atomic E-state index is -0.289. The van der Waals surface area contributed by atoms with E-state index in [-0.39, 0.29) is 17.7 Å². The topological polar surface area (TPSA) is 78.6 Å². The number of aromatic nitrogens is 1. The summed E-state index contributed by atoms with van der Waals surface area (Å²) in [5.41, 5.74) is 3.24. The van der Waals surface area contributed by atoms with Crippen LogP contribution in [0.25, 0.3) is 11.3 Å². The summed E-state index contributed by atoms with van der Waals surface area (Å²) < 4.78 is 5.28. The Morgan fingerprint density at radius 1 is 1.13 bits per heavy atom. The van der Waals surface area contributed by atoms with Gasteiger partial charge in [-0.3, -0.25) is 9.69 Å². The van der Waals surface area contributed by atoms with Crippen LogP contribution < -0.4 is 5.32 Å². The molecule has 1 aromatic heterocycles. The van der Waals surface area contributed by atoms with E-state index < -0.39 is 0 Å². The number of amides is 1. The van der Waals surface area contributed by atoms with Crippen LogP contribution in [-0.4, -0.2) is 40.3 Å². The number of carbonyl (C=O) groups is 1. The van der Waals surface area contributed by atoms with E-state index in [2.05, 4.69) is 27.5 Å². The number of hydrogen-bond acceptors (Lipinski definition) is 5. The number of nitrogens with zero attached hydrogens (tertiary/aromatic N) is 2. The fourth-order valence-corrected chi connectivity index (χ4v) is 3.72. The molecule has 0 unspecified atom stereocenters. The molecule has 156 valence electrons. The van der Waals surface area contributed by atoms with Gasteiger partial charge in [-0.25, -0.2) is 0 Å². The minimum Gasteiger partial charge on any atom is -0.393 e. The molecule has 2 aromatic carbocycles. The Morgan fingerprint density at radius 3 is 2.60 bits per heavy atom. The minimum absolute atomic E-state index is 0.154. The first kappa shape index (κ1) is 20.6. The Balaban J connectivity index is 1.30. The van der Waals surface area contributed by atoms with Crippen molar-refractivity contribution in [1.82, 2.24) is 15.4 Å². The van der Waals surface area contributed by atoms with Gasteiger partial charge in [0.2, 0.25) is 0 Å². The van der Waals surface area contributed by atoms with Crippen LogP contribution in [0.3, 0.4) is 0 Å². The Hall–Kier alpha value is -2.67. The van der Waals surface area contributed by atoms with E-state index in [1.807, 2.05) is 24.3 Å². The van der Waals surface area contributed by atoms with Crippen LogP contribution in [-0.2, 0) is 13.1 Å². The number of halogens is 1. The first-order valence-corrected chi connectivity index (χ1v) is 10.4. The molecule has 3 aromatic rings. The molecule has 30 heavy (non-hydrogen) atoms. The van der Waals surface area contributed by atoms with Crippen LogP contribution in [0.1, 0.15) is 34.5 Å². The molecule has 0 spiro atoms. The summed E-state index contributed by atoms with van der Waals surface area (Å²) >= 11 is 6.00. The zero-order valence-corrected chi connectivity index (χ0v) is 17.3. The van der Waals surface area contributed by atoms with Crippen molar-refractivity contribution in [3.63, 3.8) is 0 Å². The maximum atomic E-state index is 12.4. The lowest BCUT2D eigenvalue weighted by atomic mass is 10.1. The lowest BCUT2D eigenvalue weighted by Crippen LogP contribution is -2.35. The number of hydrogen-bond donors (Lipinski definition) is 2. The molecule has 2 N–H and O–H groups in total. The third-order valence-electron chi connectivity index (χ3n) is 5.29. The average Bonchev–Trinajstić information content (AvgIpc) is 3.25. The van der Waals surface area contributed by atoms with E-state index in [0.29, 0.717) is 17.3 Å². The van der Waals surface area contributed by atoms with Crippen LogP contribution in [0.4, 0.5) is 0 Å². The number of rotatable bonds is 6. The van der Waals surface area contributed by atoms with Gasteiger partial charge in [0.05, 0.1) is 6.10 Å². The second kappa shape index (κ2) is 9.43. The van der Waals surface area contributed by atoms with E-state index in [4.69, 9.17) is 16.1 Å². The molecule has 4 rings (SSSR count). The lowest BCUT2D eigenvalue weighted by Gasteiger charge is -2.29. The fraction of sp³-hybridized carbons (Fsp3) is 0.304. The monoisotopic (exact) mass is 425 g/mol. The summed E-state index contributed by atoms with van der Waals surface area (Å²) in [7, 11) is 0. The third-order valence-corrected chi connectivity index (χ3v) is 5.53. The van der Waals surface area contributed by atoms with Crippen molar-refractivity contribution in [2.75, 3.05) is 13.1 Å². The number of aliphatic hydroxyl groups excluding tert-OH is 1. The normalized spacial score (nSPS) is 15.3. The second-order valence-corrected chi connectivity index (χ2v) is 8.03. The fourth-order valence-electron chi connectivity index (χ4n) is 3.53. The number of aliphatic hydroxyl groups is 1. The molecule has 0 atom stereocenters. The van der Waals surface area contributed by atoms with E-state index in [9.17, 15) is 9.90 Å². The Bertz CT molecular complexity index is 995. The van der Waals surface area contributed by atoms with Crippen LogP contribution in [0.5, 0.6) is 0 Å². The molecule has 1 aliphatic heterocycles. The van der Waals surface area contributed by atoms with Crippen molar-refractivity contribution in [2.24, 2.45) is 0 Å². The highest BCUT2D eigenvalue weighted by Gasteiger charge is 2.17. The highest BCUT2D eigenvalue weighted by atomic mass is 35.5. The second-order valence-electron chi connectivity index (χ2n) is 7.59. The van der Waals surface area contributed by atoms with Crippen LogP contribution in [0.15, 0.2) is 59.1 Å². The molecule has 0 aliphatic carbocycles. The van der Waals surface area contributed by atoms with Crippen molar-refractivity contribution < 1.29 is 14.4 Å². The molecule has 0 bridgehead atoms. The average molecular weight is 426 g/mol. The number of benzene rings is 2. The molecule has 1 saturated heterocycles. The quantitative estimate of drug-likeness (QED) is 0.626. The predicted molar refractivity (Wildman–Crippen MR) is 115 cm³/mol. The first-order valence-electron chi connectivity index (χ1n) is 10.1. The van der Waals surface area contributed by atoms with E-state index >= 15 is 0 Å². The molecular weight excluding hydrogens is 402 g/mol. The van der Waals surface area contributed by atoms with Gasteiger partial charge in [0.15, 0.2) is 11.5 Å². The summed E-state index contributed by atoms with van der Waals surface area (Å²) in [5.74, 6) is 0.209. The zero-order chi connectivity index (χ0) is 20.9. The Morgan fingerprint density at radius 2 is 1.87 bits per heavy atom. The Kier molecular flexibility index (Phi) is 6.47. The number of likely N-dealkylation sites (tertiary alicyclic amines) is 1. The van der Waals surface area contributed by atoms with Crippen molar-refractivity contribution >= 4 is 17.5 Å². The zero-order valence-electron chi connectivity index (χ0n) is 16.6. The van der Waals surface area contributed by atoms with E-state index in [1.54, 1.807) is 18.2 Å². The van der Waals surface area contributed by atoms with Gasteiger partial charge in [-0.2, -0.15) is 0 Å². The summed E-state index contributed by atoms with van der Waals surface area (Å²) in [4.78, 5) is 14.8. The summed E-state index contributed by atoms with van der Waals surface area (Å²) in [6.45, 7) is 3.14. The predicted octanol–water partition coefficient (Wildman–Crippen LogP) is 3.88. The summed E-state index contributed by atoms with van der Waals surface area (Å²) in [6.07, 6.45) is 1.52. The molecular formula is C23H24ClN3O3. The number of carbonyl (C=O) groups excluding carboxylic acids is 1. The van der Waals surface area contributed by atoms with Crippen LogP contribution in [0, 0.1) is 0 Å². The van der Waals surface area contributed by atoms with Gasteiger partial charge in [0.1, 0.15) is 0 Å². The summed E-state index contributed by atoms with van der Waals surface area (Å²) in [5, 5.41) is 16.9. The largest absolute Gasteiger partial charge is 0.393 e. The SMILES string of the molecule is O=C(NCc1ccc(CN2CCC(O)CC2)cc1)c1cc(-c2cccc(Cl)c2)on1. The maximum Gasteiger partial charge on any atom is 0.273 e.